The van der Waals surface area contributed by atoms with Crippen molar-refractivity contribution in [2.24, 2.45) is 0 Å². The first-order valence-corrected chi connectivity index (χ1v) is 9.53. The number of hydrogen-bond acceptors (Lipinski definition) is 7. The molecule has 2 aromatic rings. The van der Waals surface area contributed by atoms with Crippen LogP contribution in [0.15, 0.2) is 16.7 Å². The minimum absolute atomic E-state index is 0.0207. The molecule has 1 amide bonds. The number of nitrogens with zero attached hydrogens (tertiary/aromatic N) is 2. The summed E-state index contributed by atoms with van der Waals surface area (Å²) in [7, 11) is 1.24. The Morgan fingerprint density at radius 2 is 2.00 bits per heavy atom. The number of rotatable bonds is 6. The fourth-order valence-electron chi connectivity index (χ4n) is 3.36. The van der Waals surface area contributed by atoms with E-state index in [-0.39, 0.29) is 33.7 Å². The molecular weight excluding hydrogens is 407 g/mol. The average Bonchev–Trinajstić information content (AvgIpc) is 3.31. The first-order chi connectivity index (χ1) is 13.3. The van der Waals surface area contributed by atoms with Crippen LogP contribution in [0.5, 0.6) is 0 Å². The van der Waals surface area contributed by atoms with Gasteiger partial charge in [-0.2, -0.15) is 4.98 Å². The molecule has 0 saturated heterocycles. The van der Waals surface area contributed by atoms with Crippen molar-refractivity contribution in [3.63, 3.8) is 0 Å². The first-order valence-electron chi connectivity index (χ1n) is 8.78. The molecule has 150 valence electrons. The van der Waals surface area contributed by atoms with E-state index in [2.05, 4.69) is 20.8 Å². The third-order valence-electron chi connectivity index (χ3n) is 4.72. The molecule has 0 atom stereocenters. The highest BCUT2D eigenvalue weighted by molar-refractivity contribution is 6.37. The van der Waals surface area contributed by atoms with Crippen LogP contribution >= 0.6 is 23.2 Å². The van der Waals surface area contributed by atoms with Crippen LogP contribution in [0.25, 0.3) is 0 Å². The Morgan fingerprint density at radius 3 is 2.61 bits per heavy atom. The molecule has 1 saturated carbocycles. The smallest absolute Gasteiger partial charge is 0.340 e. The summed E-state index contributed by atoms with van der Waals surface area (Å²) in [6.45, 7) is 1.70. The number of carbonyl (C=O) groups excluding carboxylic acids is 2. The number of nitrogens with one attached hydrogen (secondary N) is 2. The van der Waals surface area contributed by atoms with Crippen LogP contribution in [0.3, 0.4) is 0 Å². The Kier molecular flexibility index (Phi) is 6.22. The standard InChI is InChI=1S/C18H20Cl2N4O4/c1-10-22-17(24-28-10)18(5-3-4-6-18)21-9-14(25)23-15-12(16(26)27-2)7-11(19)8-13(15)20/h7-8,21H,3-6,9H2,1-2H3,(H,23,25). The SMILES string of the molecule is COC(=O)c1cc(Cl)cc(Cl)c1NC(=O)CNC1(c2noc(C)n2)CCCC1. The lowest BCUT2D eigenvalue weighted by Gasteiger charge is -2.26. The van der Waals surface area contributed by atoms with Crippen LogP contribution in [0.4, 0.5) is 5.69 Å². The maximum atomic E-state index is 12.6. The maximum absolute atomic E-state index is 12.6. The van der Waals surface area contributed by atoms with Gasteiger partial charge < -0.3 is 14.6 Å². The molecule has 1 aromatic heterocycles. The van der Waals surface area contributed by atoms with Crippen LogP contribution in [-0.4, -0.2) is 35.7 Å². The Balaban J connectivity index is 1.75. The molecule has 0 bridgehead atoms. The summed E-state index contributed by atoms with van der Waals surface area (Å²) in [5.74, 6) is 0.00123. The van der Waals surface area contributed by atoms with E-state index in [4.69, 9.17) is 32.5 Å². The van der Waals surface area contributed by atoms with E-state index in [1.807, 2.05) is 0 Å². The largest absolute Gasteiger partial charge is 0.465 e. The van der Waals surface area contributed by atoms with Gasteiger partial charge in [-0.3, -0.25) is 10.1 Å². The zero-order valence-electron chi connectivity index (χ0n) is 15.5. The number of aryl methyl sites for hydroxylation is 1. The van der Waals surface area contributed by atoms with Crippen LogP contribution in [0.2, 0.25) is 10.0 Å². The molecule has 1 fully saturated rings. The van der Waals surface area contributed by atoms with Gasteiger partial charge in [0.1, 0.15) is 0 Å². The molecule has 3 rings (SSSR count). The Bertz CT molecular complexity index is 894. The quantitative estimate of drug-likeness (QED) is 0.680. The van der Waals surface area contributed by atoms with Gasteiger partial charge in [0.15, 0.2) is 5.82 Å². The van der Waals surface area contributed by atoms with Gasteiger partial charge in [-0.25, -0.2) is 4.79 Å². The molecule has 8 nitrogen and oxygen atoms in total. The van der Waals surface area contributed by atoms with E-state index in [0.717, 1.165) is 25.7 Å². The predicted molar refractivity (Wildman–Crippen MR) is 104 cm³/mol. The van der Waals surface area contributed by atoms with Gasteiger partial charge in [-0.1, -0.05) is 41.2 Å². The number of esters is 1. The van der Waals surface area contributed by atoms with Crippen molar-refractivity contribution >= 4 is 40.8 Å². The van der Waals surface area contributed by atoms with E-state index in [0.29, 0.717) is 11.7 Å². The minimum atomic E-state index is -0.651. The highest BCUT2D eigenvalue weighted by Crippen LogP contribution is 2.37. The molecule has 0 unspecified atom stereocenters. The number of hydrogen-bond donors (Lipinski definition) is 2. The van der Waals surface area contributed by atoms with Crippen LogP contribution in [0, 0.1) is 6.92 Å². The van der Waals surface area contributed by atoms with E-state index < -0.39 is 11.5 Å². The molecular formula is C18H20Cl2N4O4. The van der Waals surface area contributed by atoms with Crippen LogP contribution in [-0.2, 0) is 15.1 Å². The Morgan fingerprint density at radius 1 is 1.29 bits per heavy atom. The number of amides is 1. The Hall–Kier alpha value is -2.16. The molecule has 0 radical (unpaired) electrons. The molecule has 10 heteroatoms. The van der Waals surface area contributed by atoms with Crippen molar-refractivity contribution in [3.8, 4) is 0 Å². The number of anilines is 1. The van der Waals surface area contributed by atoms with Gasteiger partial charge in [0, 0.05) is 11.9 Å². The number of aromatic nitrogens is 2. The summed E-state index contributed by atoms with van der Waals surface area (Å²) in [6, 6.07) is 2.84. The highest BCUT2D eigenvalue weighted by Gasteiger charge is 2.39. The monoisotopic (exact) mass is 426 g/mol. The minimum Gasteiger partial charge on any atom is -0.465 e. The average molecular weight is 427 g/mol. The fourth-order valence-corrected chi connectivity index (χ4v) is 3.90. The molecule has 1 aliphatic carbocycles. The van der Waals surface area contributed by atoms with Crippen molar-refractivity contribution < 1.29 is 18.8 Å². The number of methoxy groups -OCH3 is 1. The lowest BCUT2D eigenvalue weighted by Crippen LogP contribution is -2.44. The van der Waals surface area contributed by atoms with E-state index >= 15 is 0 Å². The second-order valence-corrected chi connectivity index (χ2v) is 7.47. The normalized spacial score (nSPS) is 15.4. The second-order valence-electron chi connectivity index (χ2n) is 6.63. The van der Waals surface area contributed by atoms with Gasteiger partial charge >= 0.3 is 5.97 Å². The zero-order valence-corrected chi connectivity index (χ0v) is 17.0. The van der Waals surface area contributed by atoms with Crippen LogP contribution in [0.1, 0.15) is 47.8 Å². The number of benzene rings is 1. The van der Waals surface area contributed by atoms with E-state index in [9.17, 15) is 9.59 Å². The predicted octanol–water partition coefficient (Wildman–Crippen LogP) is 3.47. The first kappa shape index (κ1) is 20.6. The van der Waals surface area contributed by atoms with Crippen molar-refractivity contribution in [3.05, 3.63) is 39.5 Å². The van der Waals surface area contributed by atoms with Gasteiger partial charge in [-0.15, -0.1) is 0 Å². The third kappa shape index (κ3) is 4.29. The molecule has 0 spiro atoms. The summed E-state index contributed by atoms with van der Waals surface area (Å²) < 4.78 is 9.84. The van der Waals surface area contributed by atoms with E-state index in [1.54, 1.807) is 6.92 Å². The Labute approximate surface area is 171 Å². The maximum Gasteiger partial charge on any atom is 0.340 e. The summed E-state index contributed by atoms with van der Waals surface area (Å²) in [6.07, 6.45) is 3.60. The van der Waals surface area contributed by atoms with Gasteiger partial charge in [0.05, 0.1) is 35.5 Å². The molecule has 2 N–H and O–H groups in total. The second kappa shape index (κ2) is 8.46. The van der Waals surface area contributed by atoms with Crippen molar-refractivity contribution in [2.75, 3.05) is 19.0 Å². The number of halogens is 2. The van der Waals surface area contributed by atoms with Crippen molar-refractivity contribution in [2.45, 2.75) is 38.1 Å². The molecule has 1 heterocycles. The number of ether oxygens (including phenoxy) is 1. The topological polar surface area (TPSA) is 106 Å². The molecule has 1 aliphatic rings. The molecule has 0 aliphatic heterocycles. The number of carbonyl (C=O) groups is 2. The summed E-state index contributed by atoms with van der Waals surface area (Å²) in [5, 5.41) is 10.4. The summed E-state index contributed by atoms with van der Waals surface area (Å²) in [5.41, 5.74) is -0.275. The van der Waals surface area contributed by atoms with Crippen molar-refractivity contribution in [1.82, 2.24) is 15.5 Å². The summed E-state index contributed by atoms with van der Waals surface area (Å²) in [4.78, 5) is 28.9. The van der Waals surface area contributed by atoms with E-state index in [1.165, 1.54) is 19.2 Å². The lowest BCUT2D eigenvalue weighted by molar-refractivity contribution is -0.115. The fraction of sp³-hybridized carbons (Fsp3) is 0.444. The zero-order chi connectivity index (χ0) is 20.3. The van der Waals surface area contributed by atoms with Gasteiger partial charge in [0.2, 0.25) is 11.8 Å². The molecule has 1 aromatic carbocycles. The van der Waals surface area contributed by atoms with Crippen LogP contribution < -0.4 is 10.6 Å². The van der Waals surface area contributed by atoms with Gasteiger partial charge in [-0.05, 0) is 25.0 Å². The third-order valence-corrected chi connectivity index (χ3v) is 5.24. The summed E-state index contributed by atoms with van der Waals surface area (Å²) >= 11 is 12.1. The molecule has 28 heavy (non-hydrogen) atoms. The van der Waals surface area contributed by atoms with Gasteiger partial charge in [0.25, 0.3) is 0 Å². The lowest BCUT2D eigenvalue weighted by atomic mass is 9.96. The highest BCUT2D eigenvalue weighted by atomic mass is 35.5. The van der Waals surface area contributed by atoms with Crippen molar-refractivity contribution in [1.29, 1.82) is 0 Å².